The van der Waals surface area contributed by atoms with Gasteiger partial charge in [0.15, 0.2) is 23.2 Å². The van der Waals surface area contributed by atoms with E-state index in [4.69, 9.17) is 15.5 Å². The first-order valence-corrected chi connectivity index (χ1v) is 11.8. The van der Waals surface area contributed by atoms with Gasteiger partial charge in [0.25, 0.3) is 5.95 Å². The molecule has 1 amide bonds. The van der Waals surface area contributed by atoms with Crippen LogP contribution in [-0.2, 0) is 9.53 Å². The fourth-order valence-electron chi connectivity index (χ4n) is 4.79. The summed E-state index contributed by atoms with van der Waals surface area (Å²) < 4.78 is 8.75. The summed E-state index contributed by atoms with van der Waals surface area (Å²) in [5.41, 5.74) is 7.03. The third-order valence-electron chi connectivity index (χ3n) is 6.78. The van der Waals surface area contributed by atoms with Gasteiger partial charge in [-0.2, -0.15) is 15.1 Å². The van der Waals surface area contributed by atoms with Crippen LogP contribution in [0.2, 0.25) is 0 Å². The van der Waals surface area contributed by atoms with Crippen molar-refractivity contribution < 1.29 is 24.9 Å². The normalized spacial score (nSPS) is 25.9. The molecule has 13 heteroatoms. The first-order valence-electron chi connectivity index (χ1n) is 11.8. The summed E-state index contributed by atoms with van der Waals surface area (Å²) in [6.45, 7) is 1.45. The van der Waals surface area contributed by atoms with Crippen molar-refractivity contribution in [2.24, 2.45) is 5.73 Å². The molecule has 3 aromatic rings. The summed E-state index contributed by atoms with van der Waals surface area (Å²) in [5.74, 6) is 0.285. The molecule has 6 N–H and O–H groups in total. The predicted octanol–water partition coefficient (Wildman–Crippen LogP) is -0.0431. The van der Waals surface area contributed by atoms with E-state index in [0.717, 1.165) is 31.2 Å². The number of primary amides is 1. The van der Waals surface area contributed by atoms with Crippen LogP contribution >= 0.6 is 0 Å². The highest BCUT2D eigenvalue weighted by Gasteiger charge is 2.44. The van der Waals surface area contributed by atoms with Crippen molar-refractivity contribution in [3.05, 3.63) is 24.3 Å². The zero-order valence-electron chi connectivity index (χ0n) is 19.4. The molecule has 0 aromatic carbocycles. The third kappa shape index (κ3) is 4.47. The van der Waals surface area contributed by atoms with Crippen molar-refractivity contribution in [2.45, 2.75) is 75.5 Å². The molecule has 2 aliphatic rings. The highest BCUT2D eigenvalue weighted by atomic mass is 16.6. The molecule has 35 heavy (non-hydrogen) atoms. The molecule has 0 radical (unpaired) electrons. The lowest BCUT2D eigenvalue weighted by Gasteiger charge is -2.18. The van der Waals surface area contributed by atoms with E-state index in [1.54, 1.807) is 12.4 Å². The monoisotopic (exact) mass is 486 g/mol. The maximum Gasteiger partial charge on any atom is 0.254 e. The molecule has 0 bridgehead atoms. The number of anilines is 1. The Kier molecular flexibility index (Phi) is 6.40. The van der Waals surface area contributed by atoms with Crippen LogP contribution in [0.25, 0.3) is 17.1 Å². The van der Waals surface area contributed by atoms with Gasteiger partial charge in [0.2, 0.25) is 5.91 Å². The lowest BCUT2D eigenvalue weighted by atomic mass is 10.0. The number of rotatable bonds is 8. The number of hydrogen-bond donors (Lipinski definition) is 5. The number of imidazole rings is 1. The number of amides is 1. The molecule has 5 unspecified atom stereocenters. The van der Waals surface area contributed by atoms with E-state index >= 15 is 0 Å². The van der Waals surface area contributed by atoms with Crippen molar-refractivity contribution in [3.8, 4) is 5.95 Å². The van der Waals surface area contributed by atoms with Crippen LogP contribution in [0.4, 0.5) is 5.82 Å². The summed E-state index contributed by atoms with van der Waals surface area (Å²) in [6.07, 6.45) is 4.94. The van der Waals surface area contributed by atoms with Crippen LogP contribution < -0.4 is 11.1 Å². The van der Waals surface area contributed by atoms with E-state index in [0.29, 0.717) is 17.0 Å². The molecular weight excluding hydrogens is 456 g/mol. The summed E-state index contributed by atoms with van der Waals surface area (Å²) in [6, 6.07) is 0.254. The number of ether oxygens (including phenoxy) is 1. The Morgan fingerprint density at radius 1 is 1.29 bits per heavy atom. The standard InChI is InChI=1S/C22H30N8O5/c1-11(6-15(23)32)12-7-25-30(8-12)22-27-19(26-13-4-2-3-5-13)16-20(28-22)29(10-24-16)21-18(34)17(33)14(9-31)35-21/h7-8,10-11,13-14,17-18,21,31,33-34H,2-6,9H2,1H3,(H2,23,32)(H,26,27,28). The molecule has 4 heterocycles. The van der Waals surface area contributed by atoms with Crippen LogP contribution in [0, 0.1) is 0 Å². The molecule has 0 spiro atoms. The number of nitrogens with two attached hydrogens (primary N) is 1. The van der Waals surface area contributed by atoms with Gasteiger partial charge in [0.05, 0.1) is 19.1 Å². The van der Waals surface area contributed by atoms with Crippen LogP contribution in [0.3, 0.4) is 0 Å². The molecular formula is C22H30N8O5. The van der Waals surface area contributed by atoms with E-state index in [2.05, 4.69) is 20.4 Å². The molecule has 1 saturated carbocycles. The molecule has 13 nitrogen and oxygen atoms in total. The molecule has 1 aliphatic carbocycles. The highest BCUT2D eigenvalue weighted by Crippen LogP contribution is 2.33. The first-order chi connectivity index (χ1) is 16.9. The van der Waals surface area contributed by atoms with E-state index in [1.165, 1.54) is 15.6 Å². The van der Waals surface area contributed by atoms with Crippen molar-refractivity contribution in [1.29, 1.82) is 0 Å². The van der Waals surface area contributed by atoms with Crippen molar-refractivity contribution in [1.82, 2.24) is 29.3 Å². The topological polar surface area (TPSA) is 186 Å². The van der Waals surface area contributed by atoms with Crippen LogP contribution in [0.5, 0.6) is 0 Å². The van der Waals surface area contributed by atoms with Gasteiger partial charge >= 0.3 is 0 Å². The summed E-state index contributed by atoms with van der Waals surface area (Å²) in [7, 11) is 0. The Morgan fingerprint density at radius 2 is 2.06 bits per heavy atom. The van der Waals surface area contributed by atoms with Gasteiger partial charge in [-0.3, -0.25) is 9.36 Å². The van der Waals surface area contributed by atoms with Gasteiger partial charge in [0, 0.05) is 18.7 Å². The Balaban J connectivity index is 1.56. The van der Waals surface area contributed by atoms with E-state index in [-0.39, 0.29) is 24.3 Å². The largest absolute Gasteiger partial charge is 0.394 e. The number of fused-ring (bicyclic) bond motifs is 1. The predicted molar refractivity (Wildman–Crippen MR) is 124 cm³/mol. The minimum atomic E-state index is -1.28. The van der Waals surface area contributed by atoms with Crippen LogP contribution in [-0.4, -0.2) is 81.5 Å². The quantitative estimate of drug-likeness (QED) is 0.289. The van der Waals surface area contributed by atoms with Gasteiger partial charge in [-0.05, 0) is 24.3 Å². The van der Waals surface area contributed by atoms with Gasteiger partial charge in [-0.1, -0.05) is 19.8 Å². The van der Waals surface area contributed by atoms with Crippen molar-refractivity contribution >= 4 is 22.9 Å². The second kappa shape index (κ2) is 9.49. The first kappa shape index (κ1) is 23.6. The molecule has 5 atom stereocenters. The van der Waals surface area contributed by atoms with E-state index in [1.807, 2.05) is 6.92 Å². The zero-order chi connectivity index (χ0) is 24.7. The molecule has 1 saturated heterocycles. The average molecular weight is 487 g/mol. The summed E-state index contributed by atoms with van der Waals surface area (Å²) in [4.78, 5) is 25.1. The van der Waals surface area contributed by atoms with Crippen molar-refractivity contribution in [2.75, 3.05) is 11.9 Å². The fraction of sp³-hybridized carbons (Fsp3) is 0.591. The number of nitrogens with one attached hydrogen (secondary N) is 1. The Hall–Kier alpha value is -3.13. The smallest absolute Gasteiger partial charge is 0.254 e. The van der Waals surface area contributed by atoms with Gasteiger partial charge in [-0.25, -0.2) is 9.67 Å². The molecule has 2 fully saturated rings. The van der Waals surface area contributed by atoms with Gasteiger partial charge in [0.1, 0.15) is 18.3 Å². The minimum absolute atomic E-state index is 0.120. The van der Waals surface area contributed by atoms with Gasteiger partial charge < -0.3 is 31.1 Å². The van der Waals surface area contributed by atoms with E-state index in [9.17, 15) is 20.1 Å². The van der Waals surface area contributed by atoms with Crippen molar-refractivity contribution in [3.63, 3.8) is 0 Å². The molecule has 5 rings (SSSR count). The number of aliphatic hydroxyl groups is 3. The van der Waals surface area contributed by atoms with Gasteiger partial charge in [-0.15, -0.1) is 0 Å². The zero-order valence-corrected chi connectivity index (χ0v) is 19.4. The minimum Gasteiger partial charge on any atom is -0.394 e. The lowest BCUT2D eigenvalue weighted by Crippen LogP contribution is -2.33. The van der Waals surface area contributed by atoms with Crippen LogP contribution in [0.1, 0.15) is 56.7 Å². The lowest BCUT2D eigenvalue weighted by molar-refractivity contribution is -0.118. The second-order valence-corrected chi connectivity index (χ2v) is 9.34. The summed E-state index contributed by atoms with van der Waals surface area (Å²) >= 11 is 0. The molecule has 188 valence electrons. The number of hydrogen-bond acceptors (Lipinski definition) is 10. The number of carbonyl (C=O) groups excluding carboxylic acids is 1. The number of aromatic nitrogens is 6. The van der Waals surface area contributed by atoms with E-state index < -0.39 is 37.1 Å². The maximum absolute atomic E-state index is 11.3. The Labute approximate surface area is 201 Å². The van der Waals surface area contributed by atoms with Crippen LogP contribution in [0.15, 0.2) is 18.7 Å². The SMILES string of the molecule is CC(CC(N)=O)c1cnn(-c2nc(NC3CCCC3)c3ncn(C4OC(CO)C(O)C4O)c3n2)c1. The molecule has 1 aliphatic heterocycles. The molecule has 3 aromatic heterocycles. The number of carbonyl (C=O) groups is 1. The maximum atomic E-state index is 11.3. The number of nitrogens with zero attached hydrogens (tertiary/aromatic N) is 6. The third-order valence-corrected chi connectivity index (χ3v) is 6.78. The average Bonchev–Trinajstić information content (AvgIpc) is 3.62. The Morgan fingerprint density at radius 3 is 2.74 bits per heavy atom. The summed E-state index contributed by atoms with van der Waals surface area (Å²) in [5, 5.41) is 38.1. The second-order valence-electron chi connectivity index (χ2n) is 9.34. The fourth-order valence-corrected chi connectivity index (χ4v) is 4.79. The highest BCUT2D eigenvalue weighted by molar-refractivity contribution is 5.84. The number of aliphatic hydroxyl groups excluding tert-OH is 3. The Bertz CT molecular complexity index is 1210.